The number of nitrogens with zero attached hydrogens (tertiary/aromatic N) is 3. The van der Waals surface area contributed by atoms with Gasteiger partial charge in [-0.25, -0.2) is 9.59 Å². The molecule has 0 aromatic heterocycles. The number of fused-ring (bicyclic) bond motifs is 2. The maximum absolute atomic E-state index is 13.1. The molecule has 5 aliphatic rings. The van der Waals surface area contributed by atoms with Crippen LogP contribution in [0.25, 0.3) is 0 Å². The van der Waals surface area contributed by atoms with Crippen molar-refractivity contribution in [1.82, 2.24) is 14.7 Å². The van der Waals surface area contributed by atoms with Gasteiger partial charge in [0.15, 0.2) is 0 Å². The third-order valence-corrected chi connectivity index (χ3v) is 6.47. The molecule has 2 saturated heterocycles. The number of carbonyl (C=O) groups excluding carboxylic acids is 4. The van der Waals surface area contributed by atoms with E-state index in [9.17, 15) is 19.2 Å². The number of carbonyl (C=O) groups is 4. The Labute approximate surface area is 163 Å². The first-order valence-electron chi connectivity index (χ1n) is 9.73. The normalized spacial score (nSPS) is 34.3. The predicted octanol–water partition coefficient (Wildman–Crippen LogP) is 1.36. The number of hydrogen-bond donors (Lipinski definition) is 0. The zero-order chi connectivity index (χ0) is 20.5. The summed E-state index contributed by atoms with van der Waals surface area (Å²) in [7, 11) is 1.37. The van der Waals surface area contributed by atoms with Gasteiger partial charge in [-0.3, -0.25) is 14.5 Å². The molecule has 5 rings (SSSR count). The van der Waals surface area contributed by atoms with Gasteiger partial charge in [0.2, 0.25) is 0 Å². The molecule has 2 heterocycles. The average molecular weight is 393 g/mol. The molecule has 9 nitrogen and oxygen atoms in total. The molecule has 2 aliphatic heterocycles. The number of imide groups is 1. The van der Waals surface area contributed by atoms with Crippen LogP contribution in [0.4, 0.5) is 9.59 Å². The summed E-state index contributed by atoms with van der Waals surface area (Å²) in [4.78, 5) is 55.0. The van der Waals surface area contributed by atoms with E-state index < -0.39 is 28.7 Å². The molecule has 3 saturated carbocycles. The third kappa shape index (κ3) is 2.58. The summed E-state index contributed by atoms with van der Waals surface area (Å²) in [6, 6.07) is -0.990. The summed E-state index contributed by atoms with van der Waals surface area (Å²) >= 11 is 0. The largest absolute Gasteiger partial charge is 0.469 e. The smallest absolute Gasteiger partial charge is 0.410 e. The molecular weight excluding hydrogens is 366 g/mol. The molecular formula is C19H27N3O6. The van der Waals surface area contributed by atoms with Gasteiger partial charge in [0.1, 0.15) is 11.6 Å². The minimum Gasteiger partial charge on any atom is -0.469 e. The summed E-state index contributed by atoms with van der Waals surface area (Å²) in [5.74, 6) is -0.535. The number of piperazine rings is 1. The molecule has 0 aromatic rings. The topological polar surface area (TPSA) is 96.5 Å². The minimum absolute atomic E-state index is 0.133. The second-order valence-electron chi connectivity index (χ2n) is 9.44. The lowest BCUT2D eigenvalue weighted by molar-refractivity contribution is -0.163. The van der Waals surface area contributed by atoms with Crippen LogP contribution in [0.5, 0.6) is 0 Å². The molecule has 0 N–H and O–H groups in total. The van der Waals surface area contributed by atoms with Crippen LogP contribution < -0.4 is 0 Å². The Morgan fingerprint density at radius 2 is 1.79 bits per heavy atom. The van der Waals surface area contributed by atoms with Crippen molar-refractivity contribution >= 4 is 24.0 Å². The van der Waals surface area contributed by atoms with Crippen LogP contribution in [0.15, 0.2) is 0 Å². The number of rotatable bonds is 2. The van der Waals surface area contributed by atoms with E-state index in [2.05, 4.69) is 0 Å². The number of ether oxygens (including phenoxy) is 2. The van der Waals surface area contributed by atoms with E-state index in [1.165, 1.54) is 16.9 Å². The van der Waals surface area contributed by atoms with Crippen LogP contribution in [0.3, 0.4) is 0 Å². The average Bonchev–Trinajstić information content (AvgIpc) is 3.22. The van der Waals surface area contributed by atoms with Gasteiger partial charge in [-0.05, 0) is 46.5 Å². The van der Waals surface area contributed by atoms with Gasteiger partial charge in [0.25, 0.3) is 5.91 Å². The van der Waals surface area contributed by atoms with Crippen molar-refractivity contribution < 1.29 is 28.7 Å². The summed E-state index contributed by atoms with van der Waals surface area (Å²) in [6.07, 6.45) is 1.72. The number of esters is 1. The zero-order valence-electron chi connectivity index (χ0n) is 16.8. The van der Waals surface area contributed by atoms with Gasteiger partial charge in [0, 0.05) is 13.1 Å². The molecule has 0 spiro atoms. The first-order valence-corrected chi connectivity index (χ1v) is 9.73. The van der Waals surface area contributed by atoms with Crippen molar-refractivity contribution in [2.75, 3.05) is 26.7 Å². The van der Waals surface area contributed by atoms with E-state index in [0.717, 1.165) is 0 Å². The Bertz CT molecular complexity index is 751. The summed E-state index contributed by atoms with van der Waals surface area (Å²) in [6.45, 7) is 6.12. The van der Waals surface area contributed by atoms with E-state index >= 15 is 0 Å². The van der Waals surface area contributed by atoms with E-state index in [1.54, 1.807) is 25.7 Å². The Hall–Kier alpha value is -2.32. The second kappa shape index (κ2) is 5.84. The van der Waals surface area contributed by atoms with Gasteiger partial charge in [0.05, 0.1) is 24.6 Å². The highest BCUT2D eigenvalue weighted by Crippen LogP contribution is 2.65. The van der Waals surface area contributed by atoms with Gasteiger partial charge >= 0.3 is 18.1 Å². The maximum Gasteiger partial charge on any atom is 0.410 e. The number of amides is 4. The minimum atomic E-state index is -0.683. The molecule has 4 amide bonds. The monoisotopic (exact) mass is 393 g/mol. The SMILES string of the molecule is COC(=O)C12CCC(N3C(=O)[C@@H]4CN(C(=O)OC(C)(C)C)CCN4C3=O)(C1)C2. The van der Waals surface area contributed by atoms with Crippen molar-refractivity contribution in [2.45, 2.75) is 63.6 Å². The predicted molar refractivity (Wildman–Crippen MR) is 96.2 cm³/mol. The van der Waals surface area contributed by atoms with Crippen molar-refractivity contribution in [3.05, 3.63) is 0 Å². The molecule has 28 heavy (non-hydrogen) atoms. The van der Waals surface area contributed by atoms with Gasteiger partial charge in [-0.2, -0.15) is 0 Å². The lowest BCUT2D eigenvalue weighted by Gasteiger charge is -2.49. The van der Waals surface area contributed by atoms with Crippen molar-refractivity contribution in [1.29, 1.82) is 0 Å². The second-order valence-corrected chi connectivity index (χ2v) is 9.44. The summed E-state index contributed by atoms with van der Waals surface area (Å²) in [5, 5.41) is 0. The van der Waals surface area contributed by atoms with E-state index in [1.807, 2.05) is 0 Å². The van der Waals surface area contributed by atoms with Crippen LogP contribution in [-0.2, 0) is 19.1 Å². The molecule has 3 aliphatic carbocycles. The van der Waals surface area contributed by atoms with Crippen molar-refractivity contribution in [3.63, 3.8) is 0 Å². The van der Waals surface area contributed by atoms with E-state index in [4.69, 9.17) is 9.47 Å². The van der Waals surface area contributed by atoms with Crippen LogP contribution in [0, 0.1) is 5.41 Å². The van der Waals surface area contributed by atoms with Crippen LogP contribution in [-0.4, -0.2) is 82.6 Å². The van der Waals surface area contributed by atoms with Gasteiger partial charge in [-0.1, -0.05) is 0 Å². The van der Waals surface area contributed by atoms with Gasteiger partial charge in [-0.15, -0.1) is 0 Å². The summed E-state index contributed by atoms with van der Waals surface area (Å²) in [5.41, 5.74) is -1.76. The zero-order valence-corrected chi connectivity index (χ0v) is 16.8. The van der Waals surface area contributed by atoms with E-state index in [0.29, 0.717) is 38.8 Å². The highest BCUT2D eigenvalue weighted by Gasteiger charge is 2.71. The molecule has 0 aromatic carbocycles. The fourth-order valence-corrected chi connectivity index (χ4v) is 5.29. The Kier molecular flexibility index (Phi) is 3.97. The lowest BCUT2D eigenvalue weighted by atomic mass is 9.64. The standard InChI is InChI=1S/C19H27N3O6/c1-17(2,3)28-16(26)20-7-8-21-12(9-20)13(23)22(15(21)25)19-6-5-18(10-19,11-19)14(24)27-4/h12H,5-11H2,1-4H3/t12-,18?,19?/m0/s1. The Morgan fingerprint density at radius 3 is 2.39 bits per heavy atom. The Morgan fingerprint density at radius 1 is 1.11 bits per heavy atom. The number of methoxy groups -OCH3 is 1. The fraction of sp³-hybridized carbons (Fsp3) is 0.789. The van der Waals surface area contributed by atoms with Crippen LogP contribution >= 0.6 is 0 Å². The van der Waals surface area contributed by atoms with Gasteiger partial charge < -0.3 is 19.3 Å². The molecule has 1 atom stereocenters. The molecule has 5 fully saturated rings. The number of urea groups is 1. The first-order chi connectivity index (χ1) is 13.0. The van der Waals surface area contributed by atoms with Crippen molar-refractivity contribution in [3.8, 4) is 0 Å². The molecule has 0 radical (unpaired) electrons. The highest BCUT2D eigenvalue weighted by molar-refractivity contribution is 6.06. The van der Waals surface area contributed by atoms with Crippen molar-refractivity contribution in [2.24, 2.45) is 5.41 Å². The molecule has 9 heteroatoms. The lowest BCUT2D eigenvalue weighted by Crippen LogP contribution is -2.60. The number of hydrogen-bond acceptors (Lipinski definition) is 6. The maximum atomic E-state index is 13.1. The molecule has 0 unspecified atom stereocenters. The van der Waals surface area contributed by atoms with E-state index in [-0.39, 0.29) is 24.5 Å². The molecule has 2 bridgehead atoms. The third-order valence-electron chi connectivity index (χ3n) is 6.47. The van der Waals surface area contributed by atoms with Crippen LogP contribution in [0.2, 0.25) is 0 Å². The molecule has 154 valence electrons. The van der Waals surface area contributed by atoms with Crippen LogP contribution in [0.1, 0.15) is 46.5 Å². The Balaban J connectivity index is 1.49. The summed E-state index contributed by atoms with van der Waals surface area (Å²) < 4.78 is 10.3. The quantitative estimate of drug-likeness (QED) is 0.519. The first kappa shape index (κ1) is 19.0. The fourth-order valence-electron chi connectivity index (χ4n) is 5.29. The highest BCUT2D eigenvalue weighted by atomic mass is 16.6.